The standard InChI is InChI=1S/C44H48N2O4/c1-5-9-13-29-47-37-19-17-20-38(48-30-14-10-6-2)41(37)35-27-25-33-23-24-34-26-28-36(46-44(34)43(33)45-35)42-39(49-31-15-11-7-3)21-18-22-40(42)50-32-16-12-8-4/h5-8,17-28H,1-4,9-16,29-32H2. The minimum atomic E-state index is 0.563. The minimum absolute atomic E-state index is 0.563. The van der Waals surface area contributed by atoms with Gasteiger partial charge in [-0.2, -0.15) is 0 Å². The molecular formula is C44H48N2O4. The molecule has 0 saturated carbocycles. The van der Waals surface area contributed by atoms with Gasteiger partial charge in [0.2, 0.25) is 0 Å². The summed E-state index contributed by atoms with van der Waals surface area (Å²) in [5, 5.41) is 1.97. The Morgan fingerprint density at radius 3 is 1.02 bits per heavy atom. The molecule has 0 amide bonds. The second-order valence-corrected chi connectivity index (χ2v) is 12.0. The van der Waals surface area contributed by atoms with Gasteiger partial charge in [-0.05, 0) is 87.8 Å². The van der Waals surface area contributed by atoms with Crippen molar-refractivity contribution in [2.75, 3.05) is 26.4 Å². The monoisotopic (exact) mass is 668 g/mol. The molecule has 258 valence electrons. The molecule has 0 fully saturated rings. The molecule has 6 nitrogen and oxygen atoms in total. The van der Waals surface area contributed by atoms with Gasteiger partial charge < -0.3 is 18.9 Å². The highest BCUT2D eigenvalue weighted by molar-refractivity contribution is 6.04. The second kappa shape index (κ2) is 19.0. The predicted molar refractivity (Wildman–Crippen MR) is 208 cm³/mol. The normalized spacial score (nSPS) is 10.9. The zero-order chi connectivity index (χ0) is 35.0. The van der Waals surface area contributed by atoms with Crippen molar-refractivity contribution in [1.82, 2.24) is 9.97 Å². The maximum Gasteiger partial charge on any atom is 0.132 e. The number of pyridine rings is 2. The number of ether oxygens (including phenoxy) is 4. The van der Waals surface area contributed by atoms with E-state index in [-0.39, 0.29) is 0 Å². The number of unbranched alkanes of at least 4 members (excludes halogenated alkanes) is 4. The van der Waals surface area contributed by atoms with Crippen molar-refractivity contribution in [2.24, 2.45) is 0 Å². The van der Waals surface area contributed by atoms with Crippen LogP contribution in [0.15, 0.2) is 123 Å². The summed E-state index contributed by atoms with van der Waals surface area (Å²) in [5.41, 5.74) is 4.75. The molecule has 6 heteroatoms. The lowest BCUT2D eigenvalue weighted by Gasteiger charge is -2.17. The van der Waals surface area contributed by atoms with Gasteiger partial charge in [0.15, 0.2) is 0 Å². The molecule has 0 aliphatic carbocycles. The number of hydrogen-bond donors (Lipinski definition) is 0. The van der Waals surface area contributed by atoms with Crippen molar-refractivity contribution in [3.63, 3.8) is 0 Å². The van der Waals surface area contributed by atoms with E-state index in [4.69, 9.17) is 28.9 Å². The van der Waals surface area contributed by atoms with Crippen molar-refractivity contribution in [1.29, 1.82) is 0 Å². The van der Waals surface area contributed by atoms with Crippen LogP contribution in [-0.4, -0.2) is 36.4 Å². The molecule has 0 aliphatic heterocycles. The quantitative estimate of drug-likeness (QED) is 0.0415. The lowest BCUT2D eigenvalue weighted by atomic mass is 10.0. The van der Waals surface area contributed by atoms with Gasteiger partial charge >= 0.3 is 0 Å². The summed E-state index contributed by atoms with van der Waals surface area (Å²) in [6, 6.07) is 24.3. The molecule has 0 saturated heterocycles. The summed E-state index contributed by atoms with van der Waals surface area (Å²) in [6.07, 6.45) is 14.6. The second-order valence-electron chi connectivity index (χ2n) is 12.0. The molecule has 0 spiro atoms. The largest absolute Gasteiger partial charge is 0.493 e. The SMILES string of the molecule is C=CCCCOc1cccc(OCCCC=C)c1-c1ccc2ccc3ccc(-c4c(OCCCC=C)cccc4OCCCC=C)nc3c2n1. The Morgan fingerprint density at radius 2 is 0.720 bits per heavy atom. The van der Waals surface area contributed by atoms with Crippen LogP contribution in [0, 0.1) is 0 Å². The Balaban J connectivity index is 1.61. The summed E-state index contributed by atoms with van der Waals surface area (Å²) in [5.74, 6) is 2.93. The molecule has 0 atom stereocenters. The molecule has 0 radical (unpaired) electrons. The number of allylic oxidation sites excluding steroid dienone is 4. The van der Waals surface area contributed by atoms with Crippen LogP contribution in [0.2, 0.25) is 0 Å². The lowest BCUT2D eigenvalue weighted by Crippen LogP contribution is -2.04. The fourth-order valence-corrected chi connectivity index (χ4v) is 5.69. The summed E-state index contributed by atoms with van der Waals surface area (Å²) in [4.78, 5) is 10.5. The smallest absolute Gasteiger partial charge is 0.132 e. The average molecular weight is 669 g/mol. The Bertz CT molecular complexity index is 1710. The molecule has 3 aromatic carbocycles. The Kier molecular flexibility index (Phi) is 13.6. The topological polar surface area (TPSA) is 62.7 Å². The average Bonchev–Trinajstić information content (AvgIpc) is 3.15. The van der Waals surface area contributed by atoms with Gasteiger partial charge in [0.1, 0.15) is 23.0 Å². The van der Waals surface area contributed by atoms with E-state index in [1.807, 2.05) is 72.8 Å². The van der Waals surface area contributed by atoms with Crippen LogP contribution in [0.25, 0.3) is 44.3 Å². The van der Waals surface area contributed by atoms with Gasteiger partial charge in [-0.3, -0.25) is 0 Å². The van der Waals surface area contributed by atoms with Crippen LogP contribution < -0.4 is 18.9 Å². The van der Waals surface area contributed by atoms with Crippen molar-refractivity contribution < 1.29 is 18.9 Å². The van der Waals surface area contributed by atoms with Crippen LogP contribution >= 0.6 is 0 Å². The maximum atomic E-state index is 6.32. The number of nitrogens with zero attached hydrogens (tertiary/aromatic N) is 2. The van der Waals surface area contributed by atoms with Crippen molar-refractivity contribution in [3.8, 4) is 45.5 Å². The maximum absolute atomic E-state index is 6.32. The first-order chi connectivity index (χ1) is 24.7. The third-order valence-electron chi connectivity index (χ3n) is 8.25. The van der Waals surface area contributed by atoms with E-state index < -0.39 is 0 Å². The summed E-state index contributed by atoms with van der Waals surface area (Å²) in [7, 11) is 0. The van der Waals surface area contributed by atoms with Crippen LogP contribution in [-0.2, 0) is 0 Å². The van der Waals surface area contributed by atoms with Crippen molar-refractivity contribution in [3.05, 3.63) is 123 Å². The molecule has 5 aromatic rings. The van der Waals surface area contributed by atoms with Crippen LogP contribution in [0.3, 0.4) is 0 Å². The molecule has 50 heavy (non-hydrogen) atoms. The lowest BCUT2D eigenvalue weighted by molar-refractivity contribution is 0.298. The first-order valence-corrected chi connectivity index (χ1v) is 17.6. The Hall–Kier alpha value is -5.36. The highest BCUT2D eigenvalue weighted by Gasteiger charge is 2.19. The summed E-state index contributed by atoms with van der Waals surface area (Å²) < 4.78 is 25.3. The molecular weight excluding hydrogens is 620 g/mol. The first kappa shape index (κ1) is 35.9. The zero-order valence-corrected chi connectivity index (χ0v) is 29.1. The Morgan fingerprint density at radius 1 is 0.420 bits per heavy atom. The van der Waals surface area contributed by atoms with Gasteiger partial charge in [0.05, 0.1) is 60.0 Å². The number of rotatable bonds is 22. The van der Waals surface area contributed by atoms with E-state index in [2.05, 4.69) is 50.6 Å². The molecule has 2 heterocycles. The Labute approximate surface area is 296 Å². The van der Waals surface area contributed by atoms with Crippen LogP contribution in [0.1, 0.15) is 51.4 Å². The fourth-order valence-electron chi connectivity index (χ4n) is 5.69. The van der Waals surface area contributed by atoms with Crippen molar-refractivity contribution >= 4 is 21.8 Å². The van der Waals surface area contributed by atoms with Gasteiger partial charge in [-0.15, -0.1) is 26.3 Å². The molecule has 5 rings (SSSR count). The number of fused-ring (bicyclic) bond motifs is 3. The first-order valence-electron chi connectivity index (χ1n) is 17.6. The molecule has 0 aliphatic rings. The van der Waals surface area contributed by atoms with E-state index in [1.54, 1.807) is 0 Å². The zero-order valence-electron chi connectivity index (χ0n) is 29.1. The minimum Gasteiger partial charge on any atom is -0.493 e. The highest BCUT2D eigenvalue weighted by Crippen LogP contribution is 2.41. The van der Waals surface area contributed by atoms with E-state index in [0.29, 0.717) is 26.4 Å². The number of benzene rings is 3. The van der Waals surface area contributed by atoms with Crippen LogP contribution in [0.4, 0.5) is 0 Å². The molecule has 0 bridgehead atoms. The van der Waals surface area contributed by atoms with Gasteiger partial charge in [0.25, 0.3) is 0 Å². The van der Waals surface area contributed by atoms with E-state index in [0.717, 1.165) is 119 Å². The van der Waals surface area contributed by atoms with Gasteiger partial charge in [0, 0.05) is 10.8 Å². The molecule has 2 aromatic heterocycles. The fraction of sp³-hybridized carbons (Fsp3) is 0.273. The molecule has 0 unspecified atom stereocenters. The highest BCUT2D eigenvalue weighted by atomic mass is 16.5. The number of hydrogen-bond acceptors (Lipinski definition) is 6. The van der Waals surface area contributed by atoms with E-state index >= 15 is 0 Å². The summed E-state index contributed by atoms with van der Waals surface area (Å²) in [6.45, 7) is 17.6. The number of aromatic nitrogens is 2. The third-order valence-corrected chi connectivity index (χ3v) is 8.25. The van der Waals surface area contributed by atoms with E-state index in [9.17, 15) is 0 Å². The summed E-state index contributed by atoms with van der Waals surface area (Å²) >= 11 is 0. The molecule has 0 N–H and O–H groups in total. The predicted octanol–water partition coefficient (Wildman–Crippen LogP) is 11.5. The van der Waals surface area contributed by atoms with Crippen LogP contribution in [0.5, 0.6) is 23.0 Å². The third kappa shape index (κ3) is 9.20. The van der Waals surface area contributed by atoms with Crippen molar-refractivity contribution in [2.45, 2.75) is 51.4 Å². The van der Waals surface area contributed by atoms with E-state index in [1.165, 1.54) is 0 Å². The van der Waals surface area contributed by atoms with Gasteiger partial charge in [-0.25, -0.2) is 9.97 Å². The van der Waals surface area contributed by atoms with Gasteiger partial charge in [-0.1, -0.05) is 60.7 Å².